The molecule has 3 heterocycles. The minimum Gasteiger partial charge on any atom is -0.465 e. The minimum atomic E-state index is -1.10. The molecule has 5 atom stereocenters. The first-order valence-electron chi connectivity index (χ1n) is 14.2. The van der Waals surface area contributed by atoms with Crippen molar-refractivity contribution in [1.29, 1.82) is 0 Å². The van der Waals surface area contributed by atoms with E-state index in [0.717, 1.165) is 17.2 Å². The molecule has 0 aromatic heterocycles. The van der Waals surface area contributed by atoms with E-state index in [9.17, 15) is 19.5 Å². The zero-order valence-corrected chi connectivity index (χ0v) is 22.9. The number of nitrogens with zero attached hydrogens (tertiary/aromatic N) is 2. The molecule has 3 aliphatic heterocycles. The fourth-order valence-electron chi connectivity index (χ4n) is 6.78. The lowest BCUT2D eigenvalue weighted by Crippen LogP contribution is -2.56. The zero-order chi connectivity index (χ0) is 28.3. The first kappa shape index (κ1) is 28.1. The fraction of sp³-hybridized carbons (Fsp3) is 0.469. The van der Waals surface area contributed by atoms with Gasteiger partial charge in [0, 0.05) is 25.4 Å². The van der Waals surface area contributed by atoms with E-state index in [2.05, 4.69) is 13.2 Å². The van der Waals surface area contributed by atoms with Crippen LogP contribution in [0.4, 0.5) is 5.69 Å². The Morgan fingerprint density at radius 1 is 1.12 bits per heavy atom. The summed E-state index contributed by atoms with van der Waals surface area (Å²) in [6, 6.07) is 12.9. The van der Waals surface area contributed by atoms with Crippen molar-refractivity contribution in [2.24, 2.45) is 11.8 Å². The van der Waals surface area contributed by atoms with Crippen LogP contribution in [0.25, 0.3) is 10.8 Å². The Morgan fingerprint density at radius 2 is 1.93 bits per heavy atom. The molecule has 1 N–H and O–H groups in total. The van der Waals surface area contributed by atoms with Crippen LogP contribution in [0.2, 0.25) is 0 Å². The van der Waals surface area contributed by atoms with Gasteiger partial charge in [-0.05, 0) is 61.4 Å². The van der Waals surface area contributed by atoms with Crippen LogP contribution in [-0.4, -0.2) is 71.8 Å². The summed E-state index contributed by atoms with van der Waals surface area (Å²) in [6.45, 7) is 8.37. The summed E-state index contributed by atoms with van der Waals surface area (Å²) in [7, 11) is 0. The van der Waals surface area contributed by atoms with Gasteiger partial charge in [-0.2, -0.15) is 0 Å². The van der Waals surface area contributed by atoms with Gasteiger partial charge in [0.1, 0.15) is 11.6 Å². The Bertz CT molecular complexity index is 1290. The maximum Gasteiger partial charge on any atom is 0.312 e. The number of esters is 1. The van der Waals surface area contributed by atoms with Gasteiger partial charge in [-0.25, -0.2) is 0 Å². The van der Waals surface area contributed by atoms with Crippen molar-refractivity contribution in [3.8, 4) is 0 Å². The van der Waals surface area contributed by atoms with Crippen LogP contribution >= 0.6 is 0 Å². The molecule has 8 heteroatoms. The van der Waals surface area contributed by atoms with Crippen LogP contribution in [0.5, 0.6) is 0 Å². The normalized spacial score (nSPS) is 26.6. The monoisotopic (exact) mass is 546 g/mol. The van der Waals surface area contributed by atoms with Gasteiger partial charge in [-0.3, -0.25) is 14.4 Å². The Hall–Kier alpha value is -3.49. The molecule has 1 spiro atoms. The molecule has 212 valence electrons. The molecule has 5 rings (SSSR count). The van der Waals surface area contributed by atoms with Gasteiger partial charge in [0.05, 0.1) is 24.5 Å². The lowest BCUT2D eigenvalue weighted by atomic mass is 9.70. The largest absolute Gasteiger partial charge is 0.465 e. The number of carbonyl (C=O) groups is 3. The first-order valence-corrected chi connectivity index (χ1v) is 14.2. The van der Waals surface area contributed by atoms with E-state index in [1.165, 1.54) is 0 Å². The van der Waals surface area contributed by atoms with E-state index in [1.807, 2.05) is 42.5 Å². The molecule has 3 saturated heterocycles. The number of unbranched alkanes of at least 4 members (excludes halogenated alkanes) is 2. The van der Waals surface area contributed by atoms with E-state index >= 15 is 0 Å². The summed E-state index contributed by atoms with van der Waals surface area (Å²) >= 11 is 0. The minimum absolute atomic E-state index is 0.00682. The lowest BCUT2D eigenvalue weighted by Gasteiger charge is -2.36. The maximum atomic E-state index is 14.5. The Kier molecular flexibility index (Phi) is 8.38. The van der Waals surface area contributed by atoms with E-state index in [0.29, 0.717) is 44.3 Å². The topological polar surface area (TPSA) is 96.4 Å². The third-order valence-corrected chi connectivity index (χ3v) is 8.53. The van der Waals surface area contributed by atoms with Gasteiger partial charge in [0.15, 0.2) is 0 Å². The Balaban J connectivity index is 1.49. The van der Waals surface area contributed by atoms with Gasteiger partial charge in [-0.15, -0.1) is 13.2 Å². The van der Waals surface area contributed by atoms with Crippen molar-refractivity contribution in [3.05, 3.63) is 67.8 Å². The molecule has 2 bridgehead atoms. The van der Waals surface area contributed by atoms with Gasteiger partial charge in [0.25, 0.3) is 5.91 Å². The smallest absolute Gasteiger partial charge is 0.312 e. The highest BCUT2D eigenvalue weighted by Gasteiger charge is 2.75. The predicted molar refractivity (Wildman–Crippen MR) is 153 cm³/mol. The number of carbonyl (C=O) groups excluding carboxylic acids is 3. The molecule has 8 nitrogen and oxygen atoms in total. The van der Waals surface area contributed by atoms with Crippen LogP contribution in [0, 0.1) is 11.8 Å². The molecular weight excluding hydrogens is 508 g/mol. The highest BCUT2D eigenvalue weighted by atomic mass is 16.6. The number of anilines is 1. The number of hydrogen-bond donors (Lipinski definition) is 1. The van der Waals surface area contributed by atoms with Crippen molar-refractivity contribution < 1.29 is 29.0 Å². The number of aliphatic hydroxyl groups is 1. The number of hydrogen-bond acceptors (Lipinski definition) is 6. The molecule has 2 aromatic rings. The number of amides is 2. The van der Waals surface area contributed by atoms with E-state index in [4.69, 9.17) is 9.47 Å². The van der Waals surface area contributed by atoms with Crippen molar-refractivity contribution in [1.82, 2.24) is 4.90 Å². The molecular formula is C32H38N2O6. The summed E-state index contributed by atoms with van der Waals surface area (Å²) in [5.74, 6) is -2.45. The number of aliphatic hydroxyl groups excluding tert-OH is 1. The molecule has 2 aromatic carbocycles. The second-order valence-corrected chi connectivity index (χ2v) is 10.9. The molecule has 0 radical (unpaired) electrons. The summed E-state index contributed by atoms with van der Waals surface area (Å²) < 4.78 is 12.1. The molecule has 0 saturated carbocycles. The molecule has 0 aliphatic carbocycles. The third kappa shape index (κ3) is 4.84. The van der Waals surface area contributed by atoms with Gasteiger partial charge in [0.2, 0.25) is 5.91 Å². The average molecular weight is 547 g/mol. The number of likely N-dealkylation sites (tertiary alicyclic amines) is 1. The van der Waals surface area contributed by atoms with E-state index < -0.39 is 35.6 Å². The van der Waals surface area contributed by atoms with Crippen molar-refractivity contribution in [2.75, 3.05) is 31.2 Å². The molecule has 3 aliphatic rings. The van der Waals surface area contributed by atoms with Gasteiger partial charge < -0.3 is 24.4 Å². The van der Waals surface area contributed by atoms with Crippen LogP contribution < -0.4 is 4.90 Å². The molecule has 2 amide bonds. The Labute approximate surface area is 235 Å². The zero-order valence-electron chi connectivity index (χ0n) is 22.9. The lowest BCUT2D eigenvalue weighted by molar-refractivity contribution is -0.155. The molecule has 2 unspecified atom stereocenters. The molecule has 40 heavy (non-hydrogen) atoms. The summed E-state index contributed by atoms with van der Waals surface area (Å²) in [6.07, 6.45) is 6.52. The highest BCUT2D eigenvalue weighted by Crippen LogP contribution is 2.59. The van der Waals surface area contributed by atoms with Crippen LogP contribution in [0.15, 0.2) is 67.8 Å². The SMILES string of the molecule is C=CCCCOC(=O)[C@@H]1[C@H]2C(=O)N(CCCCO)C(C(=O)N(CC=C)c3ccc4ccccc4c3)C23CC[C@H]1O3. The fourth-order valence-corrected chi connectivity index (χ4v) is 6.78. The third-order valence-electron chi connectivity index (χ3n) is 8.53. The second kappa shape index (κ2) is 11.9. The van der Waals surface area contributed by atoms with E-state index in [-0.39, 0.29) is 31.6 Å². The van der Waals surface area contributed by atoms with Crippen LogP contribution in [0.3, 0.4) is 0 Å². The maximum absolute atomic E-state index is 14.5. The number of ether oxygens (including phenoxy) is 2. The van der Waals surface area contributed by atoms with Crippen molar-refractivity contribution in [2.45, 2.75) is 56.3 Å². The standard InChI is InChI=1S/C32H38N2O6/c1-3-5-10-20-39-31(38)26-25-15-16-32(40-25)27(26)29(36)34(18-8-9-19-35)28(32)30(37)33(17-4-2)24-14-13-22-11-6-7-12-23(22)21-24/h3-4,6-7,11-14,21,25-28,35H,1-2,5,8-10,15-20H2/t25-,26+,27+,28?,32?/m1/s1. The van der Waals surface area contributed by atoms with Gasteiger partial charge in [-0.1, -0.05) is 42.5 Å². The predicted octanol–water partition coefficient (Wildman–Crippen LogP) is 4.02. The average Bonchev–Trinajstić information content (AvgIpc) is 3.61. The van der Waals surface area contributed by atoms with Gasteiger partial charge >= 0.3 is 5.97 Å². The highest BCUT2D eigenvalue weighted by molar-refractivity contribution is 6.05. The van der Waals surface area contributed by atoms with Crippen molar-refractivity contribution in [3.63, 3.8) is 0 Å². The molecule has 3 fully saturated rings. The Morgan fingerprint density at radius 3 is 2.67 bits per heavy atom. The number of benzene rings is 2. The number of allylic oxidation sites excluding steroid dienone is 1. The van der Waals surface area contributed by atoms with Crippen LogP contribution in [0.1, 0.15) is 38.5 Å². The van der Waals surface area contributed by atoms with E-state index in [1.54, 1.807) is 22.0 Å². The second-order valence-electron chi connectivity index (χ2n) is 10.9. The van der Waals surface area contributed by atoms with Crippen LogP contribution in [-0.2, 0) is 23.9 Å². The first-order chi connectivity index (χ1) is 19.5. The summed E-state index contributed by atoms with van der Waals surface area (Å²) in [5.41, 5.74) is -0.393. The summed E-state index contributed by atoms with van der Waals surface area (Å²) in [4.78, 5) is 45.1. The number of fused-ring (bicyclic) bond motifs is 2. The quantitative estimate of drug-likeness (QED) is 0.232. The van der Waals surface area contributed by atoms with Crippen molar-refractivity contribution >= 4 is 34.2 Å². The number of rotatable bonds is 13. The summed E-state index contributed by atoms with van der Waals surface area (Å²) in [5, 5.41) is 11.5.